The molecular weight excluding hydrogens is 294 g/mol. The van der Waals surface area contributed by atoms with Gasteiger partial charge in [-0.25, -0.2) is 12.7 Å². The van der Waals surface area contributed by atoms with E-state index in [0.717, 1.165) is 4.31 Å². The summed E-state index contributed by atoms with van der Waals surface area (Å²) in [7, 11) is -2.18. The molecule has 0 spiro atoms. The Kier molecular flexibility index (Phi) is 6.64. The van der Waals surface area contributed by atoms with Gasteiger partial charge in [0, 0.05) is 13.6 Å². The van der Waals surface area contributed by atoms with Crippen LogP contribution in [-0.2, 0) is 19.6 Å². The van der Waals surface area contributed by atoms with Crippen LogP contribution in [0.5, 0.6) is 5.75 Å². The molecule has 6 nitrogen and oxygen atoms in total. The summed E-state index contributed by atoms with van der Waals surface area (Å²) in [4.78, 5) is 11.4. The number of carbonyl (C=O) groups is 1. The van der Waals surface area contributed by atoms with Crippen LogP contribution < -0.4 is 4.74 Å². The van der Waals surface area contributed by atoms with Gasteiger partial charge in [-0.1, -0.05) is 0 Å². The fraction of sp³-hybridized carbons (Fsp3) is 0.500. The summed E-state index contributed by atoms with van der Waals surface area (Å²) in [5.74, 6) is 0.205. The molecule has 118 valence electrons. The summed E-state index contributed by atoms with van der Waals surface area (Å²) in [5, 5.41) is 0. The van der Waals surface area contributed by atoms with E-state index in [-0.39, 0.29) is 24.5 Å². The molecule has 0 aliphatic carbocycles. The van der Waals surface area contributed by atoms with E-state index >= 15 is 0 Å². The Labute approximate surface area is 125 Å². The maximum atomic E-state index is 12.3. The quantitative estimate of drug-likeness (QED) is 0.682. The van der Waals surface area contributed by atoms with Crippen molar-refractivity contribution in [3.8, 4) is 5.75 Å². The fourth-order valence-corrected chi connectivity index (χ4v) is 2.83. The Hall–Kier alpha value is -1.60. The van der Waals surface area contributed by atoms with Gasteiger partial charge in [0.2, 0.25) is 10.0 Å². The maximum absolute atomic E-state index is 12.3. The van der Waals surface area contributed by atoms with Crippen LogP contribution in [0.15, 0.2) is 29.2 Å². The van der Waals surface area contributed by atoms with Crippen LogP contribution in [0.1, 0.15) is 20.3 Å². The molecule has 0 N–H and O–H groups in total. The highest BCUT2D eigenvalue weighted by atomic mass is 32.2. The third kappa shape index (κ3) is 5.02. The van der Waals surface area contributed by atoms with Gasteiger partial charge in [0.25, 0.3) is 0 Å². The van der Waals surface area contributed by atoms with Crippen LogP contribution in [-0.4, -0.2) is 45.5 Å². The number of hydrogen-bond acceptors (Lipinski definition) is 5. The van der Waals surface area contributed by atoms with Crippen LogP contribution in [0.2, 0.25) is 0 Å². The molecule has 0 atom stereocenters. The number of carbonyl (C=O) groups excluding carboxylic acids is 1. The molecule has 0 radical (unpaired) electrons. The highest BCUT2D eigenvalue weighted by molar-refractivity contribution is 7.89. The van der Waals surface area contributed by atoms with Crippen molar-refractivity contribution >= 4 is 16.0 Å². The molecule has 1 aromatic carbocycles. The Morgan fingerprint density at radius 2 is 1.76 bits per heavy atom. The number of sulfonamides is 1. The molecule has 21 heavy (non-hydrogen) atoms. The molecule has 0 saturated heterocycles. The van der Waals surface area contributed by atoms with Gasteiger partial charge in [-0.05, 0) is 38.1 Å². The molecule has 1 aromatic rings. The lowest BCUT2D eigenvalue weighted by Crippen LogP contribution is -2.29. The Morgan fingerprint density at radius 1 is 1.14 bits per heavy atom. The van der Waals surface area contributed by atoms with Gasteiger partial charge < -0.3 is 9.47 Å². The number of benzene rings is 1. The molecule has 0 amide bonds. The molecule has 0 fully saturated rings. The molecule has 0 aliphatic heterocycles. The van der Waals surface area contributed by atoms with Crippen molar-refractivity contribution in [2.75, 3.05) is 26.8 Å². The second-order valence-corrected chi connectivity index (χ2v) is 6.33. The van der Waals surface area contributed by atoms with Crippen LogP contribution in [0, 0.1) is 0 Å². The molecule has 7 heteroatoms. The number of ether oxygens (including phenoxy) is 2. The first kappa shape index (κ1) is 17.5. The minimum absolute atomic E-state index is 0.0284. The SMILES string of the molecule is CCOC(=O)CCN(C)S(=O)(=O)c1ccc(OCC)cc1. The molecule has 0 bridgehead atoms. The standard InChI is InChI=1S/C14H21NO5S/c1-4-19-12-6-8-13(9-7-12)21(17,18)15(3)11-10-14(16)20-5-2/h6-9H,4-5,10-11H2,1-3H3. The number of esters is 1. The van der Waals surface area contributed by atoms with E-state index in [1.54, 1.807) is 19.1 Å². The molecule has 0 aromatic heterocycles. The lowest BCUT2D eigenvalue weighted by molar-refractivity contribution is -0.143. The zero-order chi connectivity index (χ0) is 15.9. The summed E-state index contributed by atoms with van der Waals surface area (Å²) in [5.41, 5.74) is 0. The van der Waals surface area contributed by atoms with Crippen molar-refractivity contribution in [3.63, 3.8) is 0 Å². The highest BCUT2D eigenvalue weighted by Gasteiger charge is 2.21. The van der Waals surface area contributed by atoms with Gasteiger partial charge in [0.05, 0.1) is 24.5 Å². The van der Waals surface area contributed by atoms with Crippen LogP contribution in [0.4, 0.5) is 0 Å². The summed E-state index contributed by atoms with van der Waals surface area (Å²) in [6, 6.07) is 6.19. The normalized spacial score (nSPS) is 11.4. The van der Waals surface area contributed by atoms with E-state index in [2.05, 4.69) is 0 Å². The molecule has 0 heterocycles. The fourth-order valence-electron chi connectivity index (χ4n) is 1.66. The Balaban J connectivity index is 2.72. The van der Waals surface area contributed by atoms with E-state index in [9.17, 15) is 13.2 Å². The van der Waals surface area contributed by atoms with Crippen LogP contribution >= 0.6 is 0 Å². The van der Waals surface area contributed by atoms with Gasteiger partial charge in [-0.15, -0.1) is 0 Å². The smallest absolute Gasteiger partial charge is 0.307 e. The van der Waals surface area contributed by atoms with Crippen molar-refractivity contribution in [1.29, 1.82) is 0 Å². The van der Waals surface area contributed by atoms with Crippen molar-refractivity contribution in [2.45, 2.75) is 25.2 Å². The summed E-state index contributed by atoms with van der Waals surface area (Å²) >= 11 is 0. The summed E-state index contributed by atoms with van der Waals surface area (Å²) in [6.45, 7) is 4.44. The number of nitrogens with zero attached hydrogens (tertiary/aromatic N) is 1. The minimum atomic E-state index is -3.61. The average Bonchev–Trinajstić information content (AvgIpc) is 2.46. The predicted octanol–water partition coefficient (Wildman–Crippen LogP) is 1.66. The average molecular weight is 315 g/mol. The molecule has 1 rings (SSSR count). The monoisotopic (exact) mass is 315 g/mol. The van der Waals surface area contributed by atoms with Gasteiger partial charge in [-0.3, -0.25) is 4.79 Å². The van der Waals surface area contributed by atoms with Crippen LogP contribution in [0.3, 0.4) is 0 Å². The van der Waals surface area contributed by atoms with E-state index in [0.29, 0.717) is 12.4 Å². The van der Waals surface area contributed by atoms with E-state index < -0.39 is 16.0 Å². The van der Waals surface area contributed by atoms with Gasteiger partial charge in [0.1, 0.15) is 5.75 Å². The zero-order valence-corrected chi connectivity index (χ0v) is 13.4. The Morgan fingerprint density at radius 3 is 2.29 bits per heavy atom. The van der Waals surface area contributed by atoms with Crippen molar-refractivity contribution in [2.24, 2.45) is 0 Å². The topological polar surface area (TPSA) is 72.9 Å². The lowest BCUT2D eigenvalue weighted by Gasteiger charge is -2.17. The maximum Gasteiger partial charge on any atom is 0.307 e. The molecule has 0 unspecified atom stereocenters. The zero-order valence-electron chi connectivity index (χ0n) is 12.5. The van der Waals surface area contributed by atoms with Crippen molar-refractivity contribution < 1.29 is 22.7 Å². The first-order chi connectivity index (χ1) is 9.91. The third-order valence-corrected chi connectivity index (χ3v) is 4.65. The van der Waals surface area contributed by atoms with E-state index in [1.807, 2.05) is 6.92 Å². The first-order valence-corrected chi connectivity index (χ1v) is 8.20. The second-order valence-electron chi connectivity index (χ2n) is 4.29. The van der Waals surface area contributed by atoms with Gasteiger partial charge in [-0.2, -0.15) is 0 Å². The summed E-state index contributed by atoms with van der Waals surface area (Å²) < 4.78 is 35.8. The molecule has 0 saturated carbocycles. The third-order valence-electron chi connectivity index (χ3n) is 2.78. The number of hydrogen-bond donors (Lipinski definition) is 0. The first-order valence-electron chi connectivity index (χ1n) is 6.76. The van der Waals surface area contributed by atoms with Crippen LogP contribution in [0.25, 0.3) is 0 Å². The highest BCUT2D eigenvalue weighted by Crippen LogP contribution is 2.19. The van der Waals surface area contributed by atoms with Gasteiger partial charge in [0.15, 0.2) is 0 Å². The largest absolute Gasteiger partial charge is 0.494 e. The van der Waals surface area contributed by atoms with Crippen molar-refractivity contribution in [1.82, 2.24) is 4.31 Å². The second kappa shape index (κ2) is 7.99. The lowest BCUT2D eigenvalue weighted by atomic mass is 10.3. The van der Waals surface area contributed by atoms with Gasteiger partial charge >= 0.3 is 5.97 Å². The predicted molar refractivity (Wildman–Crippen MR) is 78.7 cm³/mol. The number of rotatable bonds is 8. The van der Waals surface area contributed by atoms with E-state index in [1.165, 1.54) is 19.2 Å². The van der Waals surface area contributed by atoms with Crippen molar-refractivity contribution in [3.05, 3.63) is 24.3 Å². The Bertz CT molecular complexity index is 553. The molecular formula is C14H21NO5S. The minimum Gasteiger partial charge on any atom is -0.494 e. The molecule has 0 aliphatic rings. The summed E-state index contributed by atoms with van der Waals surface area (Å²) in [6.07, 6.45) is 0.0284. The van der Waals surface area contributed by atoms with E-state index in [4.69, 9.17) is 9.47 Å².